The first kappa shape index (κ1) is 24.7. The first-order valence-electron chi connectivity index (χ1n) is 16.4. The summed E-state index contributed by atoms with van der Waals surface area (Å²) in [6, 6.07) is 0. The maximum Gasteiger partial charge on any atom is 0.150 e. The lowest BCUT2D eigenvalue weighted by Crippen LogP contribution is -2.38. The van der Waals surface area contributed by atoms with E-state index in [1.54, 1.807) is 135 Å². The lowest BCUT2D eigenvalue weighted by Gasteiger charge is -2.42. The standard InChI is InChI=1S/C32H57B/c1-3-10-18-26(19-11-4-1)33-31-24-16-6-2-5-12-22-29(31)27-20-14-9-15-21-28(27)30-23-13-7-8-17-25-32(30)33/h26-32H,1-25H2. The van der Waals surface area contributed by atoms with Crippen molar-refractivity contribution in [3.8, 4) is 0 Å². The topological polar surface area (TPSA) is 0 Å². The molecule has 4 aliphatic carbocycles. The molecule has 33 heavy (non-hydrogen) atoms. The molecule has 6 unspecified atom stereocenters. The molecule has 0 N–H and O–H groups in total. The summed E-state index contributed by atoms with van der Waals surface area (Å²) in [6.07, 6.45) is 39.3. The van der Waals surface area contributed by atoms with Crippen molar-refractivity contribution in [3.05, 3.63) is 0 Å². The molecule has 1 saturated heterocycles. The van der Waals surface area contributed by atoms with Crippen molar-refractivity contribution in [1.82, 2.24) is 0 Å². The van der Waals surface area contributed by atoms with Gasteiger partial charge in [0, 0.05) is 0 Å². The van der Waals surface area contributed by atoms with E-state index in [2.05, 4.69) is 0 Å². The Morgan fingerprint density at radius 3 is 1.03 bits per heavy atom. The third-order valence-corrected chi connectivity index (χ3v) is 11.9. The predicted molar refractivity (Wildman–Crippen MR) is 146 cm³/mol. The van der Waals surface area contributed by atoms with Crippen molar-refractivity contribution in [2.24, 2.45) is 23.7 Å². The summed E-state index contributed by atoms with van der Waals surface area (Å²) in [5, 5.41) is 0. The van der Waals surface area contributed by atoms with E-state index in [0.29, 0.717) is 0 Å². The van der Waals surface area contributed by atoms with Crippen LogP contribution >= 0.6 is 0 Å². The van der Waals surface area contributed by atoms with E-state index in [0.717, 1.165) is 47.8 Å². The summed E-state index contributed by atoms with van der Waals surface area (Å²) < 4.78 is 0. The van der Waals surface area contributed by atoms with Crippen molar-refractivity contribution in [2.45, 2.75) is 178 Å². The molecule has 6 atom stereocenters. The van der Waals surface area contributed by atoms with Crippen LogP contribution in [0.25, 0.3) is 0 Å². The van der Waals surface area contributed by atoms with Gasteiger partial charge in [0.05, 0.1) is 0 Å². The Morgan fingerprint density at radius 2 is 0.576 bits per heavy atom. The molecule has 0 nitrogen and oxygen atoms in total. The SMILES string of the molecule is C1CCCC(B2C3CCCCCCCC3C3CCCCCC3C3CCCCCCC23)CCC1. The molecule has 0 aromatic heterocycles. The van der Waals surface area contributed by atoms with Gasteiger partial charge in [0.2, 0.25) is 0 Å². The summed E-state index contributed by atoms with van der Waals surface area (Å²) in [7, 11) is 0. The fourth-order valence-electron chi connectivity index (χ4n) is 10.6. The average molecular weight is 453 g/mol. The largest absolute Gasteiger partial charge is 0.150 e. The van der Waals surface area contributed by atoms with Crippen LogP contribution in [0.3, 0.4) is 0 Å². The van der Waals surface area contributed by atoms with Gasteiger partial charge in [-0.05, 0) is 36.5 Å². The van der Waals surface area contributed by atoms with Gasteiger partial charge in [-0.25, -0.2) is 0 Å². The molecule has 188 valence electrons. The van der Waals surface area contributed by atoms with Gasteiger partial charge in [-0.1, -0.05) is 165 Å². The maximum absolute atomic E-state index is 1.62. The van der Waals surface area contributed by atoms with E-state index in [1.807, 2.05) is 0 Å². The Morgan fingerprint density at radius 1 is 0.273 bits per heavy atom. The summed E-state index contributed by atoms with van der Waals surface area (Å²) in [6.45, 7) is 1.11. The monoisotopic (exact) mass is 452 g/mol. The Bertz CT molecular complexity index is 549. The van der Waals surface area contributed by atoms with Crippen LogP contribution in [-0.4, -0.2) is 6.71 Å². The van der Waals surface area contributed by atoms with Gasteiger partial charge < -0.3 is 0 Å². The average Bonchev–Trinajstić information content (AvgIpc) is 2.99. The molecular weight excluding hydrogens is 395 g/mol. The molecule has 0 bridgehead atoms. The Labute approximate surface area is 208 Å². The summed E-state index contributed by atoms with van der Waals surface area (Å²) in [4.78, 5) is 0. The normalized spacial score (nSPS) is 40.5. The van der Waals surface area contributed by atoms with E-state index < -0.39 is 0 Å². The maximum atomic E-state index is 1.62. The fourth-order valence-corrected chi connectivity index (χ4v) is 10.6. The minimum absolute atomic E-state index is 1.09. The van der Waals surface area contributed by atoms with E-state index in [1.165, 1.54) is 25.7 Å². The summed E-state index contributed by atoms with van der Waals surface area (Å²) in [5.41, 5.74) is 0. The van der Waals surface area contributed by atoms with Gasteiger partial charge in [0.15, 0.2) is 0 Å². The Kier molecular flexibility index (Phi) is 9.64. The van der Waals surface area contributed by atoms with Crippen molar-refractivity contribution >= 4 is 6.71 Å². The lowest BCUT2D eigenvalue weighted by atomic mass is 9.23. The molecule has 0 aromatic rings. The van der Waals surface area contributed by atoms with Crippen LogP contribution < -0.4 is 0 Å². The van der Waals surface area contributed by atoms with Crippen LogP contribution in [0, 0.1) is 23.7 Å². The molecule has 1 heteroatoms. The van der Waals surface area contributed by atoms with E-state index in [4.69, 9.17) is 0 Å². The van der Waals surface area contributed by atoms with Crippen LogP contribution in [0.4, 0.5) is 0 Å². The molecule has 5 aliphatic rings. The summed E-state index contributed by atoms with van der Waals surface area (Å²) in [5.74, 6) is 7.74. The van der Waals surface area contributed by atoms with E-state index in [-0.39, 0.29) is 0 Å². The molecule has 1 aliphatic heterocycles. The van der Waals surface area contributed by atoms with Crippen molar-refractivity contribution in [1.29, 1.82) is 0 Å². The molecule has 0 aromatic carbocycles. The minimum Gasteiger partial charge on any atom is -0.0617 e. The molecule has 0 spiro atoms. The van der Waals surface area contributed by atoms with Gasteiger partial charge in [0.25, 0.3) is 0 Å². The number of fused-ring (bicyclic) bond motifs is 5. The molecule has 4 saturated carbocycles. The second-order valence-corrected chi connectivity index (χ2v) is 13.6. The highest BCUT2D eigenvalue weighted by Crippen LogP contribution is 2.60. The zero-order chi connectivity index (χ0) is 22.3. The predicted octanol–water partition coefficient (Wildman–Crippen LogP) is 10.9. The second-order valence-electron chi connectivity index (χ2n) is 13.6. The quantitative estimate of drug-likeness (QED) is 0.347. The van der Waals surface area contributed by atoms with Crippen LogP contribution in [0.2, 0.25) is 17.5 Å². The first-order valence-corrected chi connectivity index (χ1v) is 16.4. The first-order chi connectivity index (χ1) is 16.4. The molecule has 5 fully saturated rings. The van der Waals surface area contributed by atoms with Crippen molar-refractivity contribution < 1.29 is 0 Å². The van der Waals surface area contributed by atoms with Crippen LogP contribution in [0.15, 0.2) is 0 Å². The third kappa shape index (κ3) is 6.08. The Hall–Kier alpha value is 0.0649. The van der Waals surface area contributed by atoms with Crippen LogP contribution in [-0.2, 0) is 0 Å². The highest BCUT2D eigenvalue weighted by atomic mass is 14.5. The third-order valence-electron chi connectivity index (χ3n) is 11.9. The summed E-state index contributed by atoms with van der Waals surface area (Å²) >= 11 is 0. The molecule has 0 radical (unpaired) electrons. The second kappa shape index (κ2) is 12.9. The van der Waals surface area contributed by atoms with Gasteiger partial charge in [0.1, 0.15) is 6.71 Å². The molecule has 5 rings (SSSR count). The zero-order valence-electron chi connectivity index (χ0n) is 22.3. The van der Waals surface area contributed by atoms with Gasteiger partial charge in [-0.15, -0.1) is 0 Å². The highest BCUT2D eigenvalue weighted by Gasteiger charge is 2.52. The molecule has 0 amide bonds. The molecule has 1 heterocycles. The van der Waals surface area contributed by atoms with Crippen molar-refractivity contribution in [2.75, 3.05) is 0 Å². The smallest absolute Gasteiger partial charge is 0.0617 e. The minimum atomic E-state index is 1.09. The van der Waals surface area contributed by atoms with Crippen LogP contribution in [0.5, 0.6) is 0 Å². The van der Waals surface area contributed by atoms with Gasteiger partial charge in [-0.2, -0.15) is 0 Å². The zero-order valence-corrected chi connectivity index (χ0v) is 22.3. The number of rotatable bonds is 1. The van der Waals surface area contributed by atoms with Crippen molar-refractivity contribution in [3.63, 3.8) is 0 Å². The Balaban J connectivity index is 1.54. The van der Waals surface area contributed by atoms with E-state index >= 15 is 0 Å². The van der Waals surface area contributed by atoms with E-state index in [9.17, 15) is 0 Å². The van der Waals surface area contributed by atoms with Crippen LogP contribution in [0.1, 0.15) is 161 Å². The molecular formula is C32H57B. The highest BCUT2D eigenvalue weighted by molar-refractivity contribution is 6.64. The lowest BCUT2D eigenvalue weighted by molar-refractivity contribution is 0.129. The number of hydrogen-bond acceptors (Lipinski definition) is 0. The number of hydrogen-bond donors (Lipinski definition) is 0. The van der Waals surface area contributed by atoms with Gasteiger partial charge >= 0.3 is 0 Å². The fraction of sp³-hybridized carbons (Fsp3) is 1.00. The van der Waals surface area contributed by atoms with Gasteiger partial charge in [-0.3, -0.25) is 0 Å².